The van der Waals surface area contributed by atoms with Gasteiger partial charge >= 0.3 is 6.03 Å². The molecule has 4 aromatic rings. The number of carbonyl (C=O) groups is 1. The Morgan fingerprint density at radius 1 is 1.07 bits per heavy atom. The van der Waals surface area contributed by atoms with E-state index in [0.717, 1.165) is 21.2 Å². The number of nitrogens with one attached hydrogen (secondary N) is 2. The van der Waals surface area contributed by atoms with E-state index in [9.17, 15) is 4.79 Å². The number of fused-ring (bicyclic) bond motifs is 1. The second-order valence-corrected chi connectivity index (χ2v) is 7.84. The molecule has 4 rings (SSSR count). The van der Waals surface area contributed by atoms with Crippen molar-refractivity contribution < 1.29 is 4.79 Å². The van der Waals surface area contributed by atoms with Gasteiger partial charge in [0.25, 0.3) is 5.78 Å². The zero-order valence-electron chi connectivity index (χ0n) is 15.7. The number of nitrogens with zero attached hydrogens (tertiary/aromatic N) is 4. The summed E-state index contributed by atoms with van der Waals surface area (Å²) in [6.45, 7) is 3.85. The first-order chi connectivity index (χ1) is 14.0. The van der Waals surface area contributed by atoms with Crippen molar-refractivity contribution in [1.29, 1.82) is 0 Å². The van der Waals surface area contributed by atoms with E-state index in [4.69, 9.17) is 11.6 Å². The van der Waals surface area contributed by atoms with Crippen molar-refractivity contribution in [3.63, 3.8) is 0 Å². The van der Waals surface area contributed by atoms with Crippen LogP contribution < -0.4 is 10.6 Å². The Balaban J connectivity index is 1.56. The Hall–Kier alpha value is -3.10. The van der Waals surface area contributed by atoms with Crippen LogP contribution in [0.15, 0.2) is 64.8 Å². The fraction of sp³-hybridized carbons (Fsp3) is 0.100. The van der Waals surface area contributed by atoms with Crippen LogP contribution in [0.4, 0.5) is 16.2 Å². The van der Waals surface area contributed by atoms with Gasteiger partial charge in [0.1, 0.15) is 11.4 Å². The van der Waals surface area contributed by atoms with Gasteiger partial charge in [-0.25, -0.2) is 9.78 Å². The number of rotatable bonds is 4. The molecule has 0 bridgehead atoms. The van der Waals surface area contributed by atoms with Crippen LogP contribution >= 0.6 is 23.4 Å². The summed E-state index contributed by atoms with van der Waals surface area (Å²) in [5.74, 6) is 0.532. The van der Waals surface area contributed by atoms with Gasteiger partial charge in [0.05, 0.1) is 16.4 Å². The van der Waals surface area contributed by atoms with Crippen molar-refractivity contribution in [3.8, 4) is 0 Å². The summed E-state index contributed by atoms with van der Waals surface area (Å²) in [5, 5.41) is 11.2. The maximum atomic E-state index is 12.5. The standard InChI is InChI=1S/C20H17ClN6OS/c1-12-7-8-15(14(21)9-12)25-20(28)26-16-5-3-4-6-17(16)29-18-10-13(2)24-19-22-11-23-27(18)19/h3-11H,1-2H3,(H2,25,26,28). The summed E-state index contributed by atoms with van der Waals surface area (Å²) < 4.78 is 1.67. The molecule has 0 saturated carbocycles. The smallest absolute Gasteiger partial charge is 0.307 e. The lowest BCUT2D eigenvalue weighted by Gasteiger charge is -2.13. The highest BCUT2D eigenvalue weighted by atomic mass is 35.5. The number of aryl methyl sites for hydroxylation is 2. The van der Waals surface area contributed by atoms with Crippen LogP contribution in [-0.4, -0.2) is 25.6 Å². The van der Waals surface area contributed by atoms with Gasteiger partial charge in [0.2, 0.25) is 0 Å². The fourth-order valence-electron chi connectivity index (χ4n) is 2.74. The molecule has 7 nitrogen and oxygen atoms in total. The van der Waals surface area contributed by atoms with Gasteiger partial charge in [0, 0.05) is 10.6 Å². The summed E-state index contributed by atoms with van der Waals surface area (Å²) in [7, 11) is 0. The van der Waals surface area contributed by atoms with Crippen LogP contribution in [0.2, 0.25) is 5.02 Å². The molecule has 0 aliphatic rings. The Kier molecular flexibility index (Phi) is 5.37. The van der Waals surface area contributed by atoms with Crippen LogP contribution in [-0.2, 0) is 0 Å². The van der Waals surface area contributed by atoms with Gasteiger partial charge in [-0.2, -0.15) is 14.6 Å². The van der Waals surface area contributed by atoms with Gasteiger partial charge < -0.3 is 10.6 Å². The molecule has 0 saturated heterocycles. The van der Waals surface area contributed by atoms with E-state index in [2.05, 4.69) is 25.7 Å². The van der Waals surface area contributed by atoms with E-state index in [1.54, 1.807) is 16.6 Å². The maximum Gasteiger partial charge on any atom is 0.323 e. The lowest BCUT2D eigenvalue weighted by molar-refractivity contribution is 0.262. The number of carbonyl (C=O) groups excluding carboxylic acids is 1. The Labute approximate surface area is 176 Å². The number of hydrogen-bond donors (Lipinski definition) is 2. The van der Waals surface area contributed by atoms with E-state index < -0.39 is 0 Å². The van der Waals surface area contributed by atoms with Crippen LogP contribution in [0.5, 0.6) is 0 Å². The number of anilines is 2. The molecule has 0 atom stereocenters. The molecule has 2 aromatic carbocycles. The first-order valence-corrected chi connectivity index (χ1v) is 9.97. The lowest BCUT2D eigenvalue weighted by Crippen LogP contribution is -2.20. The minimum Gasteiger partial charge on any atom is -0.307 e. The molecular weight excluding hydrogens is 408 g/mol. The quantitative estimate of drug-likeness (QED) is 0.440. The molecule has 0 aliphatic carbocycles. The highest BCUT2D eigenvalue weighted by Gasteiger charge is 2.13. The predicted octanol–water partition coefficient (Wildman–Crippen LogP) is 5.19. The average Bonchev–Trinajstić information content (AvgIpc) is 3.14. The molecule has 2 amide bonds. The molecule has 29 heavy (non-hydrogen) atoms. The third-order valence-electron chi connectivity index (χ3n) is 4.07. The summed E-state index contributed by atoms with van der Waals surface area (Å²) in [6, 6.07) is 14.6. The van der Waals surface area contributed by atoms with Crippen LogP contribution in [0.1, 0.15) is 11.3 Å². The molecule has 0 aliphatic heterocycles. The van der Waals surface area contributed by atoms with Crippen molar-refractivity contribution in [3.05, 3.63) is 71.1 Å². The van der Waals surface area contributed by atoms with Crippen molar-refractivity contribution >= 4 is 46.5 Å². The number of benzene rings is 2. The van der Waals surface area contributed by atoms with Gasteiger partial charge in [-0.3, -0.25) is 0 Å². The number of para-hydroxylation sites is 1. The molecule has 146 valence electrons. The number of amides is 2. The molecule has 0 unspecified atom stereocenters. The summed E-state index contributed by atoms with van der Waals surface area (Å²) in [6.07, 6.45) is 1.47. The predicted molar refractivity (Wildman–Crippen MR) is 115 cm³/mol. The second kappa shape index (κ2) is 8.10. The third kappa shape index (κ3) is 4.33. The topological polar surface area (TPSA) is 84.2 Å². The first kappa shape index (κ1) is 19.2. The largest absolute Gasteiger partial charge is 0.323 e. The van der Waals surface area contributed by atoms with E-state index in [0.29, 0.717) is 22.2 Å². The zero-order chi connectivity index (χ0) is 20.4. The number of aromatic nitrogens is 4. The van der Waals surface area contributed by atoms with Crippen molar-refractivity contribution in [2.75, 3.05) is 10.6 Å². The van der Waals surface area contributed by atoms with Crippen LogP contribution in [0.25, 0.3) is 5.78 Å². The van der Waals surface area contributed by atoms with Crippen molar-refractivity contribution in [1.82, 2.24) is 19.6 Å². The second-order valence-electron chi connectivity index (χ2n) is 6.37. The van der Waals surface area contributed by atoms with Crippen LogP contribution in [0.3, 0.4) is 0 Å². The van der Waals surface area contributed by atoms with Gasteiger partial charge in [-0.15, -0.1) is 0 Å². The Bertz CT molecular complexity index is 1210. The Morgan fingerprint density at radius 3 is 2.69 bits per heavy atom. The lowest BCUT2D eigenvalue weighted by atomic mass is 10.2. The molecule has 9 heteroatoms. The highest BCUT2D eigenvalue weighted by Crippen LogP contribution is 2.33. The zero-order valence-corrected chi connectivity index (χ0v) is 17.3. The van der Waals surface area contributed by atoms with Crippen molar-refractivity contribution in [2.24, 2.45) is 0 Å². The molecule has 2 N–H and O–H groups in total. The molecule has 0 spiro atoms. The third-order valence-corrected chi connectivity index (χ3v) is 5.46. The molecular formula is C20H17ClN6OS. The summed E-state index contributed by atoms with van der Waals surface area (Å²) >= 11 is 7.67. The molecule has 2 aromatic heterocycles. The normalized spacial score (nSPS) is 10.9. The Morgan fingerprint density at radius 2 is 1.86 bits per heavy atom. The summed E-state index contributed by atoms with van der Waals surface area (Å²) in [4.78, 5) is 21.9. The van der Waals surface area contributed by atoms with E-state index in [1.807, 2.05) is 50.2 Å². The monoisotopic (exact) mass is 424 g/mol. The number of hydrogen-bond acceptors (Lipinski definition) is 5. The van der Waals surface area contributed by atoms with E-state index >= 15 is 0 Å². The van der Waals surface area contributed by atoms with Crippen LogP contribution in [0, 0.1) is 13.8 Å². The summed E-state index contributed by atoms with van der Waals surface area (Å²) in [5.41, 5.74) is 3.08. The molecule has 2 heterocycles. The minimum absolute atomic E-state index is 0.374. The van der Waals surface area contributed by atoms with E-state index in [-0.39, 0.29) is 6.03 Å². The number of urea groups is 1. The molecule has 0 radical (unpaired) electrons. The highest BCUT2D eigenvalue weighted by molar-refractivity contribution is 7.99. The van der Waals surface area contributed by atoms with Gasteiger partial charge in [-0.05, 0) is 49.7 Å². The minimum atomic E-state index is -0.374. The van der Waals surface area contributed by atoms with Gasteiger partial charge in [0.15, 0.2) is 0 Å². The maximum absolute atomic E-state index is 12.5. The molecule has 0 fully saturated rings. The van der Waals surface area contributed by atoms with Crippen molar-refractivity contribution in [2.45, 2.75) is 23.8 Å². The fourth-order valence-corrected chi connectivity index (χ4v) is 4.07. The SMILES string of the molecule is Cc1ccc(NC(=O)Nc2ccccc2Sc2cc(C)nc3ncnn23)c(Cl)c1. The van der Waals surface area contributed by atoms with E-state index in [1.165, 1.54) is 18.1 Å². The first-order valence-electron chi connectivity index (χ1n) is 8.78. The number of halogens is 1. The van der Waals surface area contributed by atoms with Gasteiger partial charge in [-0.1, -0.05) is 41.6 Å². The average molecular weight is 425 g/mol.